The summed E-state index contributed by atoms with van der Waals surface area (Å²) < 4.78 is 46.1. The smallest absolute Gasteiger partial charge is 0.389 e. The van der Waals surface area contributed by atoms with Crippen molar-refractivity contribution in [3.8, 4) is 0 Å². The van der Waals surface area contributed by atoms with Crippen molar-refractivity contribution in [3.05, 3.63) is 12.7 Å². The molecule has 0 radical (unpaired) electrons. The van der Waals surface area contributed by atoms with Gasteiger partial charge in [-0.1, -0.05) is 6.08 Å². The summed E-state index contributed by atoms with van der Waals surface area (Å²) in [5, 5.41) is 0. The molecule has 0 rings (SSSR count). The van der Waals surface area contributed by atoms with Crippen LogP contribution in [0.4, 0.5) is 13.2 Å². The van der Waals surface area contributed by atoms with Crippen molar-refractivity contribution in [2.45, 2.75) is 24.7 Å². The molecule has 6 heteroatoms. The first-order valence-electron chi connectivity index (χ1n) is 4.17. The van der Waals surface area contributed by atoms with Gasteiger partial charge in [-0.25, -0.2) is 0 Å². The molecule has 0 aliphatic heterocycles. The van der Waals surface area contributed by atoms with Gasteiger partial charge in [0.25, 0.3) is 0 Å². The minimum Gasteiger partial charge on any atom is -0.397 e. The Morgan fingerprint density at radius 1 is 1.29 bits per heavy atom. The molecule has 14 heavy (non-hydrogen) atoms. The summed E-state index contributed by atoms with van der Waals surface area (Å²) in [6.07, 6.45) is -3.49. The topological polar surface area (TPSA) is 18.5 Å². The van der Waals surface area contributed by atoms with Gasteiger partial charge in [-0.2, -0.15) is 13.2 Å². The Balaban J connectivity index is 4.28. The van der Waals surface area contributed by atoms with E-state index in [2.05, 4.69) is 6.58 Å². The molecule has 0 aromatic heterocycles. The summed E-state index contributed by atoms with van der Waals surface area (Å²) in [5.74, 6) is 0. The van der Waals surface area contributed by atoms with Crippen molar-refractivity contribution in [2.24, 2.45) is 0 Å². The van der Waals surface area contributed by atoms with Crippen LogP contribution in [-0.4, -0.2) is 29.0 Å². The molecule has 0 bridgehead atoms. The van der Waals surface area contributed by atoms with E-state index < -0.39 is 21.2 Å². The minimum absolute atomic E-state index is 0.0878. The molecule has 0 N–H and O–H groups in total. The van der Waals surface area contributed by atoms with Crippen LogP contribution in [0.5, 0.6) is 0 Å². The molecular formula is C8H15F3O2Si. The van der Waals surface area contributed by atoms with Crippen LogP contribution in [-0.2, 0) is 8.85 Å². The van der Waals surface area contributed by atoms with E-state index in [1.165, 1.54) is 20.3 Å². The molecule has 0 aromatic rings. The number of hydrogen-bond donors (Lipinski definition) is 0. The maximum absolute atomic E-state index is 12.0. The Labute approximate surface area is 83.0 Å². The molecule has 0 aromatic carbocycles. The normalized spacial score (nSPS) is 12.9. The number of allylic oxidation sites excluding steroid dienone is 1. The molecule has 84 valence electrons. The number of halogens is 3. The maximum atomic E-state index is 12.0. The second-order valence-corrected chi connectivity index (χ2v) is 6.47. The average Bonchev–Trinajstić information content (AvgIpc) is 2.11. The zero-order valence-electron chi connectivity index (χ0n) is 8.36. The van der Waals surface area contributed by atoms with Gasteiger partial charge in [0.15, 0.2) is 0 Å². The van der Waals surface area contributed by atoms with Crippen LogP contribution in [0, 0.1) is 0 Å². The van der Waals surface area contributed by atoms with E-state index >= 15 is 0 Å². The maximum Gasteiger partial charge on any atom is 0.389 e. The molecule has 0 unspecified atom stereocenters. The summed E-state index contributed by atoms with van der Waals surface area (Å²) in [4.78, 5) is 0. The Morgan fingerprint density at radius 2 is 1.79 bits per heavy atom. The molecule has 0 aliphatic rings. The highest BCUT2D eigenvalue weighted by atomic mass is 28.4. The van der Waals surface area contributed by atoms with Crippen LogP contribution < -0.4 is 0 Å². The highest BCUT2D eigenvalue weighted by molar-refractivity contribution is 6.67. The van der Waals surface area contributed by atoms with Gasteiger partial charge in [0.1, 0.15) is 0 Å². The monoisotopic (exact) mass is 228 g/mol. The van der Waals surface area contributed by atoms with E-state index in [1.807, 2.05) is 0 Å². The van der Waals surface area contributed by atoms with E-state index in [-0.39, 0.29) is 6.04 Å². The lowest BCUT2D eigenvalue weighted by atomic mass is 10.5. The van der Waals surface area contributed by atoms with Crippen molar-refractivity contribution < 1.29 is 22.0 Å². The molecule has 0 atom stereocenters. The molecule has 0 fully saturated rings. The number of rotatable bonds is 6. The summed E-state index contributed by atoms with van der Waals surface area (Å²) in [5.41, 5.74) is 0. The SMILES string of the molecule is C=CC[Si](CCC(F)(F)F)(OC)OC. The van der Waals surface area contributed by atoms with Gasteiger partial charge in [-0.05, 0) is 6.04 Å². The lowest BCUT2D eigenvalue weighted by Gasteiger charge is -2.26. The fraction of sp³-hybridized carbons (Fsp3) is 0.750. The van der Waals surface area contributed by atoms with Crippen LogP contribution in [0.1, 0.15) is 6.42 Å². The van der Waals surface area contributed by atoms with Crippen LogP contribution >= 0.6 is 0 Å². The van der Waals surface area contributed by atoms with Gasteiger partial charge in [0.05, 0.1) is 0 Å². The Morgan fingerprint density at radius 3 is 2.07 bits per heavy atom. The third kappa shape index (κ3) is 4.78. The van der Waals surface area contributed by atoms with Crippen molar-refractivity contribution in [1.29, 1.82) is 0 Å². The van der Waals surface area contributed by atoms with Crippen LogP contribution in [0.3, 0.4) is 0 Å². The van der Waals surface area contributed by atoms with Gasteiger partial charge in [0, 0.05) is 26.7 Å². The average molecular weight is 228 g/mol. The minimum atomic E-state index is -4.16. The Bertz CT molecular complexity index is 178. The quantitative estimate of drug-likeness (QED) is 0.514. The molecule has 0 saturated carbocycles. The molecule has 2 nitrogen and oxygen atoms in total. The summed E-state index contributed by atoms with van der Waals surface area (Å²) in [6.45, 7) is 3.48. The fourth-order valence-corrected chi connectivity index (χ4v) is 3.32. The lowest BCUT2D eigenvalue weighted by Crippen LogP contribution is -2.40. The van der Waals surface area contributed by atoms with Crippen LogP contribution in [0.2, 0.25) is 12.1 Å². The molecule has 0 aliphatic carbocycles. The predicted molar refractivity (Wildman–Crippen MR) is 50.3 cm³/mol. The highest BCUT2D eigenvalue weighted by Crippen LogP contribution is 2.28. The summed E-state index contributed by atoms with van der Waals surface area (Å²) in [6, 6.07) is 0.283. The zero-order chi connectivity index (χ0) is 11.2. The van der Waals surface area contributed by atoms with Crippen LogP contribution in [0.25, 0.3) is 0 Å². The Kier molecular flexibility index (Phi) is 5.39. The van der Waals surface area contributed by atoms with Gasteiger partial charge < -0.3 is 8.85 Å². The third-order valence-electron chi connectivity index (χ3n) is 1.99. The van der Waals surface area contributed by atoms with Gasteiger partial charge in [0.2, 0.25) is 0 Å². The van der Waals surface area contributed by atoms with Crippen LogP contribution in [0.15, 0.2) is 12.7 Å². The number of alkyl halides is 3. The zero-order valence-corrected chi connectivity index (χ0v) is 9.36. The van der Waals surface area contributed by atoms with E-state index in [1.54, 1.807) is 0 Å². The van der Waals surface area contributed by atoms with Crippen molar-refractivity contribution in [1.82, 2.24) is 0 Å². The van der Waals surface area contributed by atoms with Gasteiger partial charge in [-0.3, -0.25) is 0 Å². The molecule has 0 spiro atoms. The molecular weight excluding hydrogens is 213 g/mol. The van der Waals surface area contributed by atoms with E-state index in [4.69, 9.17) is 8.85 Å². The first-order valence-corrected chi connectivity index (χ1v) is 6.40. The summed E-state index contributed by atoms with van der Waals surface area (Å²) >= 11 is 0. The highest BCUT2D eigenvalue weighted by Gasteiger charge is 2.39. The van der Waals surface area contributed by atoms with E-state index in [0.29, 0.717) is 6.04 Å². The Hall–Kier alpha value is -0.333. The van der Waals surface area contributed by atoms with Crippen molar-refractivity contribution >= 4 is 8.56 Å². The van der Waals surface area contributed by atoms with Gasteiger partial charge >= 0.3 is 14.7 Å². The lowest BCUT2D eigenvalue weighted by molar-refractivity contribution is -0.131. The standard InChI is InChI=1S/C8H15F3O2Si/c1-4-6-14(12-2,13-3)7-5-8(9,10)11/h4H,1,5-7H2,2-3H3. The molecule has 0 amide bonds. The predicted octanol–water partition coefficient (Wildman–Crippen LogP) is 2.86. The van der Waals surface area contributed by atoms with Gasteiger partial charge in [-0.15, -0.1) is 6.58 Å². The number of hydrogen-bond acceptors (Lipinski definition) is 2. The van der Waals surface area contributed by atoms with Crippen molar-refractivity contribution in [3.63, 3.8) is 0 Å². The first-order chi connectivity index (χ1) is 6.39. The first kappa shape index (κ1) is 13.7. The largest absolute Gasteiger partial charge is 0.397 e. The second-order valence-electron chi connectivity index (χ2n) is 2.93. The molecule has 0 heterocycles. The fourth-order valence-electron chi connectivity index (χ4n) is 1.11. The third-order valence-corrected chi connectivity index (χ3v) is 5.40. The molecule has 0 saturated heterocycles. The summed E-state index contributed by atoms with van der Waals surface area (Å²) in [7, 11) is 0.0778. The van der Waals surface area contributed by atoms with Crippen molar-refractivity contribution in [2.75, 3.05) is 14.2 Å². The second kappa shape index (κ2) is 5.52. The van der Waals surface area contributed by atoms with E-state index in [9.17, 15) is 13.2 Å². The van der Waals surface area contributed by atoms with E-state index in [0.717, 1.165) is 0 Å².